The molecule has 0 N–H and O–H groups in total. The summed E-state index contributed by atoms with van der Waals surface area (Å²) in [7, 11) is 0. The minimum Gasteiger partial charge on any atom is -0.0617 e. The Hall–Kier alpha value is 0. The maximum atomic E-state index is 2.42. The van der Waals surface area contributed by atoms with Crippen molar-refractivity contribution in [2.45, 2.75) is 27.7 Å². The molecule has 0 aliphatic heterocycles. The van der Waals surface area contributed by atoms with Crippen LogP contribution >= 0.6 is 0 Å². The van der Waals surface area contributed by atoms with E-state index in [2.05, 4.69) is 27.7 Å². The molecule has 0 saturated heterocycles. The Balaban J connectivity index is 2.23. The normalized spacial score (nSPS) is 64.5. The molecule has 0 amide bonds. The second kappa shape index (κ2) is 0.778. The van der Waals surface area contributed by atoms with Gasteiger partial charge in [0.05, 0.1) is 0 Å². The minimum atomic E-state index is 0.715. The summed E-state index contributed by atoms with van der Waals surface area (Å²) in [5.74, 6) is 2.12. The first kappa shape index (κ1) is 4.84. The zero-order valence-corrected chi connectivity index (χ0v) is 6.15. The van der Waals surface area contributed by atoms with Gasteiger partial charge in [-0.05, 0) is 22.7 Å². The summed E-state index contributed by atoms with van der Waals surface area (Å²) in [6, 6.07) is 0. The van der Waals surface area contributed by atoms with Gasteiger partial charge in [-0.15, -0.1) is 0 Å². The van der Waals surface area contributed by atoms with Gasteiger partial charge in [0.25, 0.3) is 0 Å². The van der Waals surface area contributed by atoms with Gasteiger partial charge >= 0.3 is 0 Å². The van der Waals surface area contributed by atoms with Crippen molar-refractivity contribution in [2.75, 3.05) is 0 Å². The first-order chi connectivity index (χ1) is 3.53. The molecule has 0 nitrogen and oxygen atoms in total. The van der Waals surface area contributed by atoms with Crippen molar-refractivity contribution in [2.24, 2.45) is 22.7 Å². The summed E-state index contributed by atoms with van der Waals surface area (Å²) in [6.07, 6.45) is 0. The van der Waals surface area contributed by atoms with Gasteiger partial charge in [-0.2, -0.15) is 0 Å². The van der Waals surface area contributed by atoms with Crippen molar-refractivity contribution in [3.05, 3.63) is 0 Å². The van der Waals surface area contributed by atoms with E-state index in [-0.39, 0.29) is 0 Å². The van der Waals surface area contributed by atoms with Crippen LogP contribution in [0.15, 0.2) is 0 Å². The lowest BCUT2D eigenvalue weighted by Crippen LogP contribution is -2.11. The van der Waals surface area contributed by atoms with Crippen LogP contribution in [-0.4, -0.2) is 0 Å². The second-order valence-electron chi connectivity index (χ2n) is 4.27. The lowest BCUT2D eigenvalue weighted by atomic mass is 9.87. The lowest BCUT2D eigenvalue weighted by Gasteiger charge is -2.17. The van der Waals surface area contributed by atoms with Gasteiger partial charge in [0.1, 0.15) is 0 Å². The molecule has 2 aliphatic rings. The van der Waals surface area contributed by atoms with Crippen molar-refractivity contribution < 1.29 is 0 Å². The zero-order chi connectivity index (χ0) is 6.15. The summed E-state index contributed by atoms with van der Waals surface area (Å²) in [5, 5.41) is 0. The van der Waals surface area contributed by atoms with Gasteiger partial charge in [0, 0.05) is 0 Å². The molecule has 0 aromatic carbocycles. The Morgan fingerprint density at radius 1 is 1.12 bits per heavy atom. The molecule has 2 aliphatic carbocycles. The van der Waals surface area contributed by atoms with Gasteiger partial charge in [-0.3, -0.25) is 0 Å². The number of rotatable bonds is 0. The topological polar surface area (TPSA) is 0 Å². The number of hydrogen-bond acceptors (Lipinski definition) is 0. The van der Waals surface area contributed by atoms with Crippen LogP contribution in [0.1, 0.15) is 27.7 Å². The van der Waals surface area contributed by atoms with Gasteiger partial charge in [0.2, 0.25) is 0 Å². The quantitative estimate of drug-likeness (QED) is 0.449. The Morgan fingerprint density at radius 3 is 1.50 bits per heavy atom. The standard InChI is InChI=1S/C8H14/c1-5-6-7(2,3)8(5,6)4/h5-6H,1-4H3. The van der Waals surface area contributed by atoms with Crippen LogP contribution in [0.3, 0.4) is 0 Å². The molecule has 2 fully saturated rings. The third-order valence-corrected chi connectivity index (χ3v) is 4.07. The van der Waals surface area contributed by atoms with E-state index in [0.29, 0.717) is 5.41 Å². The summed E-state index contributed by atoms with van der Waals surface area (Å²) >= 11 is 0. The molecule has 2 saturated carbocycles. The predicted molar refractivity (Wildman–Crippen MR) is 34.5 cm³/mol. The monoisotopic (exact) mass is 110 g/mol. The molecule has 0 spiro atoms. The van der Waals surface area contributed by atoms with Crippen LogP contribution in [0.2, 0.25) is 0 Å². The van der Waals surface area contributed by atoms with Gasteiger partial charge in [-0.1, -0.05) is 27.7 Å². The number of fused-ring (bicyclic) bond motifs is 1. The van der Waals surface area contributed by atoms with Crippen molar-refractivity contribution in [1.29, 1.82) is 0 Å². The molecule has 0 heteroatoms. The SMILES string of the molecule is CC1C2C(C)(C)C12C. The second-order valence-corrected chi connectivity index (χ2v) is 4.27. The third kappa shape index (κ3) is 0.206. The van der Waals surface area contributed by atoms with Gasteiger partial charge in [-0.25, -0.2) is 0 Å². The van der Waals surface area contributed by atoms with E-state index in [1.165, 1.54) is 0 Å². The predicted octanol–water partition coefficient (Wildman–Crippen LogP) is 2.30. The summed E-state index contributed by atoms with van der Waals surface area (Å²) in [6.45, 7) is 9.56. The smallest absolute Gasteiger partial charge is 0.0207 e. The fourth-order valence-corrected chi connectivity index (χ4v) is 2.90. The average Bonchev–Trinajstić information content (AvgIpc) is 2.27. The van der Waals surface area contributed by atoms with Crippen molar-refractivity contribution >= 4 is 0 Å². The van der Waals surface area contributed by atoms with Crippen LogP contribution in [-0.2, 0) is 0 Å². The van der Waals surface area contributed by atoms with E-state index >= 15 is 0 Å². The molecule has 0 aromatic rings. The summed E-state index contributed by atoms with van der Waals surface area (Å²) in [4.78, 5) is 0. The first-order valence-corrected chi connectivity index (χ1v) is 3.53. The van der Waals surface area contributed by atoms with Crippen LogP contribution in [0, 0.1) is 22.7 Å². The highest BCUT2D eigenvalue weighted by Gasteiger charge is 2.86. The van der Waals surface area contributed by atoms with E-state index in [4.69, 9.17) is 0 Å². The number of hydrogen-bond donors (Lipinski definition) is 0. The lowest BCUT2D eigenvalue weighted by molar-refractivity contribution is 0.308. The molecule has 46 valence electrons. The molecule has 0 bridgehead atoms. The minimum absolute atomic E-state index is 0.715. The van der Waals surface area contributed by atoms with E-state index in [9.17, 15) is 0 Å². The Kier molecular flexibility index (Phi) is 0.471. The van der Waals surface area contributed by atoms with Crippen molar-refractivity contribution in [3.63, 3.8) is 0 Å². The molecule has 2 rings (SSSR count). The molecule has 0 radical (unpaired) electrons. The molecule has 8 heavy (non-hydrogen) atoms. The van der Waals surface area contributed by atoms with Crippen LogP contribution in [0.5, 0.6) is 0 Å². The van der Waals surface area contributed by atoms with Crippen molar-refractivity contribution in [3.8, 4) is 0 Å². The molecular weight excluding hydrogens is 96.1 g/mol. The van der Waals surface area contributed by atoms with Crippen LogP contribution in [0.25, 0.3) is 0 Å². The van der Waals surface area contributed by atoms with E-state index in [1.54, 1.807) is 0 Å². The zero-order valence-electron chi connectivity index (χ0n) is 6.15. The fourth-order valence-electron chi connectivity index (χ4n) is 2.90. The van der Waals surface area contributed by atoms with Crippen LogP contribution < -0.4 is 0 Å². The highest BCUT2D eigenvalue weighted by molar-refractivity contribution is 5.33. The maximum Gasteiger partial charge on any atom is -0.0207 e. The van der Waals surface area contributed by atoms with Crippen molar-refractivity contribution in [1.82, 2.24) is 0 Å². The molecule has 0 heterocycles. The maximum absolute atomic E-state index is 2.42. The van der Waals surface area contributed by atoms with E-state index in [1.807, 2.05) is 0 Å². The molecule has 3 unspecified atom stereocenters. The van der Waals surface area contributed by atoms with E-state index in [0.717, 1.165) is 17.3 Å². The van der Waals surface area contributed by atoms with Gasteiger partial charge < -0.3 is 0 Å². The highest BCUT2D eigenvalue weighted by atomic mass is 14.9. The highest BCUT2D eigenvalue weighted by Crippen LogP contribution is 2.90. The largest absolute Gasteiger partial charge is 0.0617 e. The fraction of sp³-hybridized carbons (Fsp3) is 1.00. The van der Waals surface area contributed by atoms with Crippen LogP contribution in [0.4, 0.5) is 0 Å². The Bertz CT molecular complexity index is 146. The molecule has 0 aromatic heterocycles. The average molecular weight is 110 g/mol. The third-order valence-electron chi connectivity index (χ3n) is 4.07. The Labute approximate surface area is 51.3 Å². The van der Waals surface area contributed by atoms with E-state index < -0.39 is 0 Å². The molecular formula is C8H14. The Morgan fingerprint density at radius 2 is 1.50 bits per heavy atom. The first-order valence-electron chi connectivity index (χ1n) is 3.53. The summed E-state index contributed by atoms with van der Waals surface area (Å²) < 4.78 is 0. The molecule has 3 atom stereocenters. The van der Waals surface area contributed by atoms with Gasteiger partial charge in [0.15, 0.2) is 0 Å². The summed E-state index contributed by atoms with van der Waals surface area (Å²) in [5.41, 5.74) is 1.49.